The average molecular weight is 185 g/mol. The molecule has 0 amide bonds. The van der Waals surface area contributed by atoms with Gasteiger partial charge in [-0.1, -0.05) is 0 Å². The molecule has 0 aromatic heterocycles. The fourth-order valence-electron chi connectivity index (χ4n) is 0.368. The van der Waals surface area contributed by atoms with E-state index in [1.54, 1.807) is 11.8 Å². The van der Waals surface area contributed by atoms with Gasteiger partial charge in [-0.25, -0.2) is 0 Å². The van der Waals surface area contributed by atoms with Crippen LogP contribution in [0.2, 0.25) is 0 Å². The summed E-state index contributed by atoms with van der Waals surface area (Å²) in [5.74, 6) is 1.42. The summed E-state index contributed by atoms with van der Waals surface area (Å²) in [6, 6.07) is 0. The third kappa shape index (κ3) is 8.46. The molecule has 4 nitrogen and oxygen atoms in total. The van der Waals surface area contributed by atoms with E-state index in [0.29, 0.717) is 12.4 Å². The predicted octanol–water partition coefficient (Wildman–Crippen LogP) is 0.0769. The van der Waals surface area contributed by atoms with E-state index >= 15 is 0 Å². The summed E-state index contributed by atoms with van der Waals surface area (Å²) < 4.78 is 14.8. The molecular formula is C4H12NO3PS. The molecule has 0 saturated heterocycles. The molecule has 0 spiro atoms. The molecule has 0 radical (unpaired) electrons. The number of nitrogens with two attached hydrogens (primary N) is 1. The number of hydrogen-bond acceptors (Lipinski definition) is 4. The van der Waals surface area contributed by atoms with Gasteiger partial charge in [0.1, 0.15) is 0 Å². The Morgan fingerprint density at radius 3 is 2.80 bits per heavy atom. The Kier molecular flexibility index (Phi) is 7.91. The Bertz CT molecular complexity index is 103. The summed E-state index contributed by atoms with van der Waals surface area (Å²) in [6.45, 7) is 0.571. The number of rotatable bonds is 6. The van der Waals surface area contributed by atoms with Crippen LogP contribution in [-0.2, 0) is 9.09 Å². The van der Waals surface area contributed by atoms with Crippen molar-refractivity contribution in [3.8, 4) is 0 Å². The molecule has 0 rings (SSSR count). The largest absolute Gasteiger partial charge is 0.396 e. The standard InChI is InChI=1S/C4H12NO3PS/c5-9(7)8-2-4-10-3-1-6/h6,9H,1-4H2,(H2,5,7). The lowest BCUT2D eigenvalue weighted by atomic mass is 10.9. The van der Waals surface area contributed by atoms with Crippen LogP contribution >= 0.6 is 19.9 Å². The first-order valence-corrected chi connectivity index (χ1v) is 5.43. The first kappa shape index (κ1) is 10.5. The molecular weight excluding hydrogens is 173 g/mol. The van der Waals surface area contributed by atoms with Gasteiger partial charge in [0.15, 0.2) is 0 Å². The van der Waals surface area contributed by atoms with Gasteiger partial charge in [0.05, 0.1) is 13.2 Å². The van der Waals surface area contributed by atoms with Gasteiger partial charge < -0.3 is 9.63 Å². The van der Waals surface area contributed by atoms with Crippen LogP contribution in [0.25, 0.3) is 0 Å². The Hall–Kier alpha value is 0.460. The summed E-state index contributed by atoms with van der Waals surface area (Å²) in [6.07, 6.45) is 0. The zero-order chi connectivity index (χ0) is 7.82. The van der Waals surface area contributed by atoms with Crippen molar-refractivity contribution >= 4 is 19.9 Å². The summed E-state index contributed by atoms with van der Waals surface area (Å²) in [5.41, 5.74) is 4.87. The average Bonchev–Trinajstić information content (AvgIpc) is 1.87. The second-order valence-corrected chi connectivity index (χ2v) is 3.65. The molecule has 0 aliphatic carbocycles. The lowest BCUT2D eigenvalue weighted by Crippen LogP contribution is -1.96. The highest BCUT2D eigenvalue weighted by Gasteiger charge is 1.90. The fourth-order valence-corrected chi connectivity index (χ4v) is 1.35. The monoisotopic (exact) mass is 185 g/mol. The molecule has 0 bridgehead atoms. The van der Waals surface area contributed by atoms with Gasteiger partial charge in [-0.2, -0.15) is 11.8 Å². The molecule has 0 saturated carbocycles. The Labute approximate surface area is 65.1 Å². The van der Waals surface area contributed by atoms with Crippen molar-refractivity contribution in [1.82, 2.24) is 0 Å². The number of aliphatic hydroxyl groups excluding tert-OH is 1. The third-order valence-electron chi connectivity index (χ3n) is 0.708. The minimum Gasteiger partial charge on any atom is -0.396 e. The van der Waals surface area contributed by atoms with Crippen LogP contribution in [0.15, 0.2) is 0 Å². The van der Waals surface area contributed by atoms with Gasteiger partial charge in [-0.15, -0.1) is 0 Å². The predicted molar refractivity (Wildman–Crippen MR) is 43.6 cm³/mol. The van der Waals surface area contributed by atoms with Gasteiger partial charge in [0, 0.05) is 11.5 Å². The Morgan fingerprint density at radius 1 is 1.60 bits per heavy atom. The normalized spacial score (nSPS) is 13.4. The van der Waals surface area contributed by atoms with E-state index in [0.717, 1.165) is 5.75 Å². The Morgan fingerprint density at radius 2 is 2.30 bits per heavy atom. The van der Waals surface area contributed by atoms with Gasteiger partial charge in [-0.3, -0.25) is 10.1 Å². The zero-order valence-corrected chi connectivity index (χ0v) is 7.39. The van der Waals surface area contributed by atoms with Crippen molar-refractivity contribution in [2.24, 2.45) is 5.50 Å². The van der Waals surface area contributed by atoms with Crippen molar-refractivity contribution < 1.29 is 14.2 Å². The first-order chi connectivity index (χ1) is 4.77. The summed E-state index contributed by atoms with van der Waals surface area (Å²) >= 11 is 1.54. The van der Waals surface area contributed by atoms with E-state index in [1.165, 1.54) is 0 Å². The molecule has 10 heavy (non-hydrogen) atoms. The van der Waals surface area contributed by atoms with Crippen molar-refractivity contribution in [3.05, 3.63) is 0 Å². The highest BCUT2D eigenvalue weighted by molar-refractivity contribution is 7.99. The molecule has 6 heteroatoms. The molecule has 3 N–H and O–H groups in total. The van der Waals surface area contributed by atoms with Gasteiger partial charge in [0.25, 0.3) is 8.18 Å². The number of thioether (sulfide) groups is 1. The smallest absolute Gasteiger partial charge is 0.255 e. The van der Waals surface area contributed by atoms with Crippen molar-refractivity contribution in [2.75, 3.05) is 24.7 Å². The molecule has 0 aliphatic rings. The maximum Gasteiger partial charge on any atom is 0.255 e. The van der Waals surface area contributed by atoms with Gasteiger partial charge >= 0.3 is 0 Å². The van der Waals surface area contributed by atoms with Gasteiger partial charge in [0.2, 0.25) is 0 Å². The Balaban J connectivity index is 2.84. The van der Waals surface area contributed by atoms with E-state index in [2.05, 4.69) is 4.52 Å². The third-order valence-corrected chi connectivity index (χ3v) is 2.12. The maximum atomic E-state index is 10.2. The lowest BCUT2D eigenvalue weighted by molar-refractivity contribution is 0.322. The van der Waals surface area contributed by atoms with Crippen LogP contribution in [0, 0.1) is 0 Å². The van der Waals surface area contributed by atoms with Crippen LogP contribution in [0.5, 0.6) is 0 Å². The van der Waals surface area contributed by atoms with Crippen molar-refractivity contribution in [2.45, 2.75) is 0 Å². The summed E-state index contributed by atoms with van der Waals surface area (Å²) in [5, 5.41) is 8.33. The van der Waals surface area contributed by atoms with E-state index in [-0.39, 0.29) is 6.61 Å². The van der Waals surface area contributed by atoms with E-state index < -0.39 is 8.18 Å². The quantitative estimate of drug-likeness (QED) is 0.452. The van der Waals surface area contributed by atoms with Crippen LogP contribution in [0.1, 0.15) is 0 Å². The van der Waals surface area contributed by atoms with Crippen LogP contribution in [-0.4, -0.2) is 29.8 Å². The molecule has 0 aromatic rings. The second kappa shape index (κ2) is 7.57. The first-order valence-electron chi connectivity index (χ1n) is 2.88. The highest BCUT2D eigenvalue weighted by atomic mass is 32.2. The summed E-state index contributed by atoms with van der Waals surface area (Å²) in [4.78, 5) is 0. The van der Waals surface area contributed by atoms with Gasteiger partial charge in [-0.05, 0) is 0 Å². The maximum absolute atomic E-state index is 10.2. The molecule has 0 heterocycles. The number of aliphatic hydroxyl groups is 1. The molecule has 62 valence electrons. The van der Waals surface area contributed by atoms with Crippen molar-refractivity contribution in [3.63, 3.8) is 0 Å². The second-order valence-electron chi connectivity index (χ2n) is 1.50. The zero-order valence-electron chi connectivity index (χ0n) is 5.58. The highest BCUT2D eigenvalue weighted by Crippen LogP contribution is 2.10. The topological polar surface area (TPSA) is 72.6 Å². The van der Waals surface area contributed by atoms with E-state index in [1.807, 2.05) is 0 Å². The SMILES string of the molecule is N[PH](=O)OCCSCCO. The van der Waals surface area contributed by atoms with E-state index in [9.17, 15) is 4.57 Å². The minimum atomic E-state index is -2.25. The number of hydrogen-bond donors (Lipinski definition) is 2. The van der Waals surface area contributed by atoms with Crippen molar-refractivity contribution in [1.29, 1.82) is 0 Å². The fraction of sp³-hybridized carbons (Fsp3) is 1.00. The van der Waals surface area contributed by atoms with Crippen LogP contribution < -0.4 is 5.50 Å². The molecule has 0 aliphatic heterocycles. The summed E-state index contributed by atoms with van der Waals surface area (Å²) in [7, 11) is -2.25. The van der Waals surface area contributed by atoms with E-state index in [4.69, 9.17) is 10.6 Å². The van der Waals surface area contributed by atoms with Crippen LogP contribution in [0.4, 0.5) is 0 Å². The lowest BCUT2D eigenvalue weighted by Gasteiger charge is -1.98. The minimum absolute atomic E-state index is 0.169. The molecule has 0 aromatic carbocycles. The van der Waals surface area contributed by atoms with Crippen LogP contribution in [0.3, 0.4) is 0 Å². The molecule has 1 atom stereocenters. The molecule has 1 unspecified atom stereocenters. The molecule has 0 fully saturated rings.